The van der Waals surface area contributed by atoms with Gasteiger partial charge in [-0.05, 0) is 25.5 Å². The molecule has 1 aromatic rings. The van der Waals surface area contributed by atoms with Crippen molar-refractivity contribution in [2.45, 2.75) is 31.9 Å². The zero-order chi connectivity index (χ0) is 14.9. The summed E-state index contributed by atoms with van der Waals surface area (Å²) in [4.78, 5) is 12.0. The van der Waals surface area contributed by atoms with Gasteiger partial charge in [-0.3, -0.25) is 4.79 Å². The van der Waals surface area contributed by atoms with E-state index in [2.05, 4.69) is 42.7 Å². The maximum absolute atomic E-state index is 12.0. The summed E-state index contributed by atoms with van der Waals surface area (Å²) in [6, 6.07) is 6.40. The van der Waals surface area contributed by atoms with Crippen LogP contribution in [0, 0.1) is 13.8 Å². The average Bonchev–Trinajstić information content (AvgIpc) is 2.79. The van der Waals surface area contributed by atoms with Crippen LogP contribution in [0.2, 0.25) is 0 Å². The molecule has 0 radical (unpaired) electrons. The Morgan fingerprint density at radius 3 is 2.62 bits per heavy atom. The number of carbonyl (C=O) groups is 1. The summed E-state index contributed by atoms with van der Waals surface area (Å²) in [6.07, 6.45) is 4.38. The standard InChI is InChI=1S/C17H22N2O2/c1-12-5-13(2)7-14(6-12)3-4-16(20)19-15-8-17(21-9-15)10-18-11-17/h3-7,15,18H,8-11H2,1-2H3,(H,19,20)/b4-3+. The Hall–Kier alpha value is -1.65. The van der Waals surface area contributed by atoms with Crippen molar-refractivity contribution in [3.63, 3.8) is 0 Å². The topological polar surface area (TPSA) is 50.4 Å². The Morgan fingerprint density at radius 2 is 2.05 bits per heavy atom. The van der Waals surface area contributed by atoms with E-state index in [-0.39, 0.29) is 17.6 Å². The molecule has 1 aromatic carbocycles. The van der Waals surface area contributed by atoms with Gasteiger partial charge in [0.05, 0.1) is 18.2 Å². The molecule has 2 aliphatic rings. The van der Waals surface area contributed by atoms with Crippen molar-refractivity contribution in [1.82, 2.24) is 10.6 Å². The average molecular weight is 286 g/mol. The predicted molar refractivity (Wildman–Crippen MR) is 83.1 cm³/mol. The molecule has 0 aromatic heterocycles. The van der Waals surface area contributed by atoms with E-state index < -0.39 is 0 Å². The fourth-order valence-electron chi connectivity index (χ4n) is 3.11. The van der Waals surface area contributed by atoms with Crippen LogP contribution in [0.3, 0.4) is 0 Å². The molecule has 21 heavy (non-hydrogen) atoms. The minimum Gasteiger partial charge on any atom is -0.370 e. The van der Waals surface area contributed by atoms with Crippen molar-refractivity contribution in [3.05, 3.63) is 41.0 Å². The van der Waals surface area contributed by atoms with Crippen LogP contribution >= 0.6 is 0 Å². The highest BCUT2D eigenvalue weighted by atomic mass is 16.5. The first-order chi connectivity index (χ1) is 10.0. The second-order valence-electron chi connectivity index (χ2n) is 6.26. The lowest BCUT2D eigenvalue weighted by Gasteiger charge is -2.38. The second kappa shape index (κ2) is 5.62. The molecule has 2 fully saturated rings. The predicted octanol–water partition coefficient (Wildman–Crippen LogP) is 1.56. The van der Waals surface area contributed by atoms with Crippen molar-refractivity contribution >= 4 is 12.0 Å². The van der Waals surface area contributed by atoms with E-state index in [1.807, 2.05) is 6.08 Å². The summed E-state index contributed by atoms with van der Waals surface area (Å²) in [6.45, 7) is 6.54. The molecule has 1 spiro atoms. The van der Waals surface area contributed by atoms with Crippen LogP contribution < -0.4 is 10.6 Å². The number of hydrogen-bond acceptors (Lipinski definition) is 3. The Labute approximate surface area is 125 Å². The van der Waals surface area contributed by atoms with Gasteiger partial charge in [-0.15, -0.1) is 0 Å². The van der Waals surface area contributed by atoms with Gasteiger partial charge in [0.15, 0.2) is 0 Å². The Kier molecular flexibility index (Phi) is 3.83. The lowest BCUT2D eigenvalue weighted by Crippen LogP contribution is -2.59. The molecule has 0 aliphatic carbocycles. The smallest absolute Gasteiger partial charge is 0.244 e. The lowest BCUT2D eigenvalue weighted by atomic mass is 9.92. The van der Waals surface area contributed by atoms with Crippen molar-refractivity contribution < 1.29 is 9.53 Å². The van der Waals surface area contributed by atoms with Crippen molar-refractivity contribution in [2.75, 3.05) is 19.7 Å². The summed E-state index contributed by atoms with van der Waals surface area (Å²) >= 11 is 0. The van der Waals surface area contributed by atoms with E-state index in [1.165, 1.54) is 11.1 Å². The van der Waals surface area contributed by atoms with Crippen LogP contribution in [0.25, 0.3) is 6.08 Å². The zero-order valence-electron chi connectivity index (χ0n) is 12.6. The second-order valence-corrected chi connectivity index (χ2v) is 6.26. The zero-order valence-corrected chi connectivity index (χ0v) is 12.6. The summed E-state index contributed by atoms with van der Waals surface area (Å²) in [7, 11) is 0. The van der Waals surface area contributed by atoms with E-state index in [4.69, 9.17) is 4.74 Å². The number of ether oxygens (including phenoxy) is 1. The van der Waals surface area contributed by atoms with Crippen molar-refractivity contribution in [1.29, 1.82) is 0 Å². The first-order valence-electron chi connectivity index (χ1n) is 7.46. The normalized spacial score (nSPS) is 23.4. The molecule has 2 saturated heterocycles. The SMILES string of the molecule is Cc1cc(C)cc(/C=C/C(=O)NC2COC3(CNC3)C2)c1. The molecule has 2 heterocycles. The quantitative estimate of drug-likeness (QED) is 0.829. The first kappa shape index (κ1) is 14.3. The van der Waals surface area contributed by atoms with E-state index in [0.717, 1.165) is 25.1 Å². The molecule has 4 heteroatoms. The number of rotatable bonds is 3. The third-order valence-electron chi connectivity index (χ3n) is 4.12. The number of amides is 1. The molecule has 112 valence electrons. The van der Waals surface area contributed by atoms with Gasteiger partial charge in [0.2, 0.25) is 5.91 Å². The Bertz CT molecular complexity index is 556. The van der Waals surface area contributed by atoms with E-state index >= 15 is 0 Å². The van der Waals surface area contributed by atoms with Crippen LogP contribution in [-0.4, -0.2) is 37.2 Å². The summed E-state index contributed by atoms with van der Waals surface area (Å²) in [5, 5.41) is 6.25. The minimum atomic E-state index is -0.0490. The molecular weight excluding hydrogens is 264 g/mol. The van der Waals surface area contributed by atoms with Gasteiger partial charge >= 0.3 is 0 Å². The van der Waals surface area contributed by atoms with Gasteiger partial charge in [0.1, 0.15) is 0 Å². The van der Waals surface area contributed by atoms with Crippen LogP contribution in [0.4, 0.5) is 0 Å². The molecule has 1 atom stereocenters. The third kappa shape index (κ3) is 3.34. The highest BCUT2D eigenvalue weighted by Gasteiger charge is 2.45. The molecule has 4 nitrogen and oxygen atoms in total. The molecular formula is C17H22N2O2. The summed E-state index contributed by atoms with van der Waals surface area (Å²) in [5.74, 6) is -0.0490. The summed E-state index contributed by atoms with van der Waals surface area (Å²) < 4.78 is 5.78. The maximum atomic E-state index is 12.0. The molecule has 0 bridgehead atoms. The molecule has 0 saturated carbocycles. The van der Waals surface area contributed by atoms with Gasteiger partial charge in [0.25, 0.3) is 0 Å². The van der Waals surface area contributed by atoms with Crippen LogP contribution in [0.5, 0.6) is 0 Å². The minimum absolute atomic E-state index is 0.0185. The monoisotopic (exact) mass is 286 g/mol. The third-order valence-corrected chi connectivity index (χ3v) is 4.12. The van der Waals surface area contributed by atoms with E-state index in [0.29, 0.717) is 6.61 Å². The lowest BCUT2D eigenvalue weighted by molar-refractivity contribution is -0.117. The number of benzene rings is 1. The highest BCUT2D eigenvalue weighted by molar-refractivity contribution is 5.92. The van der Waals surface area contributed by atoms with Gasteiger partial charge in [-0.1, -0.05) is 29.3 Å². The van der Waals surface area contributed by atoms with Gasteiger partial charge in [-0.25, -0.2) is 0 Å². The van der Waals surface area contributed by atoms with Crippen molar-refractivity contribution in [2.24, 2.45) is 0 Å². The largest absolute Gasteiger partial charge is 0.370 e. The fourth-order valence-corrected chi connectivity index (χ4v) is 3.11. The molecule has 2 N–H and O–H groups in total. The molecule has 2 aliphatic heterocycles. The molecule has 1 unspecified atom stereocenters. The Balaban J connectivity index is 1.55. The summed E-state index contributed by atoms with van der Waals surface area (Å²) in [5.41, 5.74) is 3.46. The number of nitrogens with one attached hydrogen (secondary N) is 2. The van der Waals surface area contributed by atoms with Gasteiger partial charge in [0, 0.05) is 25.6 Å². The number of hydrogen-bond donors (Lipinski definition) is 2. The van der Waals surface area contributed by atoms with Crippen LogP contribution in [0.1, 0.15) is 23.1 Å². The highest BCUT2D eigenvalue weighted by Crippen LogP contribution is 2.29. The maximum Gasteiger partial charge on any atom is 0.244 e. The fraction of sp³-hybridized carbons (Fsp3) is 0.471. The molecule has 3 rings (SSSR count). The van der Waals surface area contributed by atoms with E-state index in [9.17, 15) is 4.79 Å². The van der Waals surface area contributed by atoms with Gasteiger partial charge < -0.3 is 15.4 Å². The van der Waals surface area contributed by atoms with Crippen LogP contribution in [0.15, 0.2) is 24.3 Å². The Morgan fingerprint density at radius 1 is 1.33 bits per heavy atom. The van der Waals surface area contributed by atoms with Crippen LogP contribution in [-0.2, 0) is 9.53 Å². The first-order valence-corrected chi connectivity index (χ1v) is 7.46. The number of carbonyl (C=O) groups excluding carboxylic acids is 1. The van der Waals surface area contributed by atoms with Gasteiger partial charge in [-0.2, -0.15) is 0 Å². The van der Waals surface area contributed by atoms with E-state index in [1.54, 1.807) is 6.08 Å². The van der Waals surface area contributed by atoms with Crippen molar-refractivity contribution in [3.8, 4) is 0 Å². The molecule has 1 amide bonds. The number of aryl methyl sites for hydroxylation is 2.